The first kappa shape index (κ1) is 11.8. The summed E-state index contributed by atoms with van der Waals surface area (Å²) in [4.78, 5) is 13.6. The molecule has 0 saturated heterocycles. The average molecular weight is 259 g/mol. The van der Waals surface area contributed by atoms with Crippen molar-refractivity contribution in [1.82, 2.24) is 0 Å². The van der Waals surface area contributed by atoms with Gasteiger partial charge in [0.15, 0.2) is 0 Å². The fourth-order valence-corrected chi connectivity index (χ4v) is 2.89. The molecule has 0 atom stereocenters. The van der Waals surface area contributed by atoms with Crippen molar-refractivity contribution in [1.29, 1.82) is 5.26 Å². The second-order valence-electron chi connectivity index (χ2n) is 3.44. The summed E-state index contributed by atoms with van der Waals surface area (Å²) in [6.45, 7) is 1.97. The number of nitriles is 1. The monoisotopic (exact) mass is 259 g/mol. The van der Waals surface area contributed by atoms with Crippen LogP contribution < -0.4 is 0 Å². The minimum Gasteiger partial charge on any atom is -0.287 e. The van der Waals surface area contributed by atoms with Crippen molar-refractivity contribution < 1.29 is 4.79 Å². The third kappa shape index (κ3) is 2.52. The number of nitrogens with zero attached hydrogens (tertiary/aromatic N) is 1. The summed E-state index contributed by atoms with van der Waals surface area (Å²) in [6, 6.07) is 7.50. The summed E-state index contributed by atoms with van der Waals surface area (Å²) < 4.78 is 0. The van der Waals surface area contributed by atoms with Gasteiger partial charge in [-0.25, -0.2) is 0 Å². The van der Waals surface area contributed by atoms with Gasteiger partial charge in [0.1, 0.15) is 11.6 Å². The number of ketones is 1. The van der Waals surface area contributed by atoms with Gasteiger partial charge in [0, 0.05) is 4.88 Å². The van der Waals surface area contributed by atoms with Gasteiger partial charge in [-0.1, -0.05) is 6.07 Å². The summed E-state index contributed by atoms with van der Waals surface area (Å²) in [5.41, 5.74) is 1.28. The molecular weight excluding hydrogens is 250 g/mol. The molecule has 0 aliphatic carbocycles. The van der Waals surface area contributed by atoms with Crippen molar-refractivity contribution in [3.05, 3.63) is 49.9 Å². The number of aryl methyl sites for hydroxylation is 1. The van der Waals surface area contributed by atoms with E-state index in [-0.39, 0.29) is 11.4 Å². The summed E-state index contributed by atoms with van der Waals surface area (Å²) in [5.74, 6) is -0.199. The zero-order chi connectivity index (χ0) is 12.3. The first-order valence-electron chi connectivity index (χ1n) is 4.96. The van der Waals surface area contributed by atoms with E-state index in [2.05, 4.69) is 0 Å². The van der Waals surface area contributed by atoms with E-state index in [1.165, 1.54) is 22.7 Å². The van der Waals surface area contributed by atoms with Gasteiger partial charge in [0.05, 0.1) is 4.88 Å². The maximum absolute atomic E-state index is 12.0. The molecule has 0 unspecified atom stereocenters. The Balaban J connectivity index is 2.36. The predicted molar refractivity (Wildman–Crippen MR) is 71.3 cm³/mol. The Morgan fingerprint density at radius 1 is 1.35 bits per heavy atom. The molecule has 2 nitrogen and oxygen atoms in total. The lowest BCUT2D eigenvalue weighted by Gasteiger charge is -1.95. The number of rotatable bonds is 3. The molecule has 0 amide bonds. The van der Waals surface area contributed by atoms with E-state index >= 15 is 0 Å². The molecule has 84 valence electrons. The number of Topliss-reactive ketones (excluding diaryl/α,β-unsaturated/α-hetero) is 1. The summed E-state index contributed by atoms with van der Waals surface area (Å²) in [6.07, 6.45) is 1.67. The third-order valence-corrected chi connectivity index (χ3v) is 4.12. The van der Waals surface area contributed by atoms with Crippen LogP contribution in [0.1, 0.15) is 20.1 Å². The predicted octanol–water partition coefficient (Wildman–Crippen LogP) is 3.91. The van der Waals surface area contributed by atoms with Crippen LogP contribution in [0.15, 0.2) is 34.5 Å². The van der Waals surface area contributed by atoms with Gasteiger partial charge >= 0.3 is 0 Å². The van der Waals surface area contributed by atoms with Gasteiger partial charge < -0.3 is 0 Å². The van der Waals surface area contributed by atoms with Crippen molar-refractivity contribution in [3.8, 4) is 6.07 Å². The second-order valence-corrected chi connectivity index (χ2v) is 5.34. The van der Waals surface area contributed by atoms with Crippen molar-refractivity contribution in [2.24, 2.45) is 0 Å². The third-order valence-electron chi connectivity index (χ3n) is 2.29. The van der Waals surface area contributed by atoms with Crippen LogP contribution in [0.2, 0.25) is 0 Å². The van der Waals surface area contributed by atoms with Crippen LogP contribution in [0.3, 0.4) is 0 Å². The molecule has 0 bridgehead atoms. The van der Waals surface area contributed by atoms with E-state index in [9.17, 15) is 4.79 Å². The zero-order valence-electron chi connectivity index (χ0n) is 9.14. The minimum absolute atomic E-state index is 0.193. The van der Waals surface area contributed by atoms with E-state index in [0.29, 0.717) is 4.88 Å². The lowest BCUT2D eigenvalue weighted by molar-refractivity contribution is 0.104. The summed E-state index contributed by atoms with van der Waals surface area (Å²) in [5, 5.41) is 12.8. The van der Waals surface area contributed by atoms with E-state index < -0.39 is 0 Å². The summed E-state index contributed by atoms with van der Waals surface area (Å²) >= 11 is 2.89. The van der Waals surface area contributed by atoms with Crippen LogP contribution in [0, 0.1) is 18.3 Å². The van der Waals surface area contributed by atoms with Gasteiger partial charge in [-0.15, -0.1) is 22.7 Å². The molecule has 2 aromatic rings. The fraction of sp³-hybridized carbons (Fsp3) is 0.0769. The molecule has 0 aliphatic heterocycles. The van der Waals surface area contributed by atoms with Gasteiger partial charge in [-0.05, 0) is 41.5 Å². The molecule has 17 heavy (non-hydrogen) atoms. The highest BCUT2D eigenvalue weighted by Gasteiger charge is 2.13. The first-order valence-corrected chi connectivity index (χ1v) is 6.72. The van der Waals surface area contributed by atoms with Crippen LogP contribution in [0.5, 0.6) is 0 Å². The van der Waals surface area contributed by atoms with Crippen LogP contribution >= 0.6 is 22.7 Å². The Labute approximate surface area is 107 Å². The highest BCUT2D eigenvalue weighted by atomic mass is 32.1. The molecule has 0 radical (unpaired) electrons. The SMILES string of the molecule is Cc1ccsc1/C=C(\C#N)C(=O)c1cccs1. The van der Waals surface area contributed by atoms with E-state index in [0.717, 1.165) is 10.4 Å². The smallest absolute Gasteiger partial charge is 0.213 e. The number of carbonyl (C=O) groups excluding carboxylic acids is 1. The topological polar surface area (TPSA) is 40.9 Å². The van der Waals surface area contributed by atoms with Crippen molar-refractivity contribution in [2.75, 3.05) is 0 Å². The molecule has 4 heteroatoms. The van der Waals surface area contributed by atoms with Crippen LogP contribution in [0.25, 0.3) is 6.08 Å². The zero-order valence-corrected chi connectivity index (χ0v) is 10.8. The molecular formula is C13H9NOS2. The second kappa shape index (κ2) is 5.09. The van der Waals surface area contributed by atoms with Gasteiger partial charge in [-0.2, -0.15) is 5.26 Å². The standard InChI is InChI=1S/C13H9NOS2/c1-9-4-6-17-12(9)7-10(8-14)13(15)11-3-2-5-16-11/h2-7H,1H3/b10-7+. The Morgan fingerprint density at radius 2 is 2.18 bits per heavy atom. The molecule has 0 aromatic carbocycles. The van der Waals surface area contributed by atoms with Crippen molar-refractivity contribution in [3.63, 3.8) is 0 Å². The molecule has 0 saturated carbocycles. The maximum Gasteiger partial charge on any atom is 0.213 e. The Bertz CT molecular complexity index is 600. The Morgan fingerprint density at radius 3 is 2.71 bits per heavy atom. The fourth-order valence-electron chi connectivity index (χ4n) is 1.35. The van der Waals surface area contributed by atoms with Gasteiger partial charge in [0.25, 0.3) is 0 Å². The van der Waals surface area contributed by atoms with Crippen molar-refractivity contribution in [2.45, 2.75) is 6.92 Å². The highest BCUT2D eigenvalue weighted by Crippen LogP contribution is 2.21. The lowest BCUT2D eigenvalue weighted by Crippen LogP contribution is -1.98. The molecule has 2 heterocycles. The molecule has 2 rings (SSSR count). The lowest BCUT2D eigenvalue weighted by atomic mass is 10.1. The van der Waals surface area contributed by atoms with E-state index in [4.69, 9.17) is 5.26 Å². The Kier molecular flexibility index (Phi) is 3.52. The van der Waals surface area contributed by atoms with E-state index in [1.807, 2.05) is 35.9 Å². The molecule has 2 aromatic heterocycles. The van der Waals surface area contributed by atoms with Crippen LogP contribution in [-0.4, -0.2) is 5.78 Å². The van der Waals surface area contributed by atoms with Crippen LogP contribution in [-0.2, 0) is 0 Å². The molecule has 0 N–H and O–H groups in total. The van der Waals surface area contributed by atoms with Gasteiger partial charge in [-0.3, -0.25) is 4.79 Å². The number of allylic oxidation sites excluding steroid dienone is 1. The number of carbonyl (C=O) groups is 1. The minimum atomic E-state index is -0.199. The molecule has 0 aliphatic rings. The maximum atomic E-state index is 12.0. The molecule has 0 spiro atoms. The number of thiophene rings is 2. The van der Waals surface area contributed by atoms with E-state index in [1.54, 1.807) is 12.1 Å². The van der Waals surface area contributed by atoms with Crippen molar-refractivity contribution >= 4 is 34.5 Å². The summed E-state index contributed by atoms with van der Waals surface area (Å²) in [7, 11) is 0. The Hall–Kier alpha value is -1.70. The largest absolute Gasteiger partial charge is 0.287 e. The highest BCUT2D eigenvalue weighted by molar-refractivity contribution is 7.12. The quantitative estimate of drug-likeness (QED) is 0.476. The van der Waals surface area contributed by atoms with Crippen LogP contribution in [0.4, 0.5) is 0 Å². The average Bonchev–Trinajstić information content (AvgIpc) is 2.97. The normalized spacial score (nSPS) is 11.2. The molecule has 0 fully saturated rings. The number of hydrogen-bond donors (Lipinski definition) is 0. The first-order chi connectivity index (χ1) is 8.22. The van der Waals surface area contributed by atoms with Gasteiger partial charge in [0.2, 0.25) is 5.78 Å². The number of hydrogen-bond acceptors (Lipinski definition) is 4.